The van der Waals surface area contributed by atoms with Gasteiger partial charge in [0, 0.05) is 5.41 Å². The maximum atomic E-state index is 5.95. The Morgan fingerprint density at radius 1 is 1.07 bits per heavy atom. The first kappa shape index (κ1) is 9.17. The van der Waals surface area contributed by atoms with Crippen LogP contribution in [-0.4, -0.2) is 25.4 Å². The lowest BCUT2D eigenvalue weighted by atomic mass is 9.70. The molecule has 0 amide bonds. The summed E-state index contributed by atoms with van der Waals surface area (Å²) in [6.45, 7) is 8.78. The molecule has 0 aromatic rings. The molecule has 2 nitrogen and oxygen atoms in total. The van der Waals surface area contributed by atoms with E-state index in [1.54, 1.807) is 0 Å². The number of hydrogen-bond acceptors (Lipinski definition) is 2. The molecule has 2 aliphatic carbocycles. The van der Waals surface area contributed by atoms with Gasteiger partial charge in [0.25, 0.3) is 0 Å². The van der Waals surface area contributed by atoms with Gasteiger partial charge in [-0.15, -0.1) is 0 Å². The van der Waals surface area contributed by atoms with Gasteiger partial charge in [0.1, 0.15) is 0 Å². The Hall–Kier alpha value is -0.0800. The fraction of sp³-hybridized carbons (Fsp3) is 1.00. The van der Waals surface area contributed by atoms with Crippen molar-refractivity contribution in [3.8, 4) is 0 Å². The summed E-state index contributed by atoms with van der Waals surface area (Å²) in [4.78, 5) is 0. The van der Waals surface area contributed by atoms with Crippen molar-refractivity contribution in [3.63, 3.8) is 0 Å². The second kappa shape index (κ2) is 2.53. The minimum atomic E-state index is 0.350. The summed E-state index contributed by atoms with van der Waals surface area (Å²) in [6, 6.07) is 0. The van der Waals surface area contributed by atoms with Gasteiger partial charge >= 0.3 is 0 Å². The van der Waals surface area contributed by atoms with Gasteiger partial charge in [-0.25, -0.2) is 0 Å². The van der Waals surface area contributed by atoms with Crippen LogP contribution in [0.3, 0.4) is 0 Å². The van der Waals surface area contributed by atoms with E-state index in [0.717, 1.165) is 19.1 Å². The average molecular weight is 196 g/mol. The molecule has 2 heteroatoms. The van der Waals surface area contributed by atoms with Crippen molar-refractivity contribution in [2.75, 3.05) is 13.2 Å². The van der Waals surface area contributed by atoms with E-state index in [1.807, 2.05) is 0 Å². The Morgan fingerprint density at radius 2 is 1.79 bits per heavy atom. The molecule has 1 saturated heterocycles. The molecular weight excluding hydrogens is 176 g/mol. The van der Waals surface area contributed by atoms with E-state index >= 15 is 0 Å². The standard InChI is InChI=1S/C12H20O2/c1-11(2)8-4-5-12(11,3)10-9(8)13-6-7-14-10/h8-10H,4-7H2,1-3H3. The predicted octanol–water partition coefficient (Wildman–Crippen LogP) is 2.23. The maximum Gasteiger partial charge on any atom is 0.0899 e. The zero-order valence-electron chi connectivity index (χ0n) is 9.38. The van der Waals surface area contributed by atoms with Gasteiger partial charge in [0.05, 0.1) is 25.4 Å². The molecule has 2 bridgehead atoms. The van der Waals surface area contributed by atoms with Crippen LogP contribution in [-0.2, 0) is 9.47 Å². The SMILES string of the molecule is CC1(C)C2CCC1(C)C1OCCOC21. The number of rotatable bonds is 0. The maximum absolute atomic E-state index is 5.95. The Bertz CT molecular complexity index is 261. The minimum absolute atomic E-state index is 0.350. The third-order valence-corrected chi connectivity index (χ3v) is 5.39. The van der Waals surface area contributed by atoms with Gasteiger partial charge in [-0.1, -0.05) is 20.8 Å². The Kier molecular flexibility index (Phi) is 1.66. The number of ether oxygens (including phenoxy) is 2. The molecule has 2 saturated carbocycles. The van der Waals surface area contributed by atoms with Gasteiger partial charge in [0.15, 0.2) is 0 Å². The largest absolute Gasteiger partial charge is 0.373 e. The number of fused-ring (bicyclic) bond motifs is 5. The molecule has 80 valence electrons. The first-order valence-electron chi connectivity index (χ1n) is 5.80. The Balaban J connectivity index is 2.02. The molecule has 4 unspecified atom stereocenters. The molecule has 3 fully saturated rings. The van der Waals surface area contributed by atoms with Crippen molar-refractivity contribution < 1.29 is 9.47 Å². The zero-order chi connectivity index (χ0) is 9.97. The van der Waals surface area contributed by atoms with Gasteiger partial charge in [-0.3, -0.25) is 0 Å². The van der Waals surface area contributed by atoms with Gasteiger partial charge < -0.3 is 9.47 Å². The normalized spacial score (nSPS) is 54.6. The van der Waals surface area contributed by atoms with E-state index in [2.05, 4.69) is 20.8 Å². The molecule has 14 heavy (non-hydrogen) atoms. The lowest BCUT2D eigenvalue weighted by Crippen LogP contribution is -2.46. The van der Waals surface area contributed by atoms with Crippen molar-refractivity contribution in [3.05, 3.63) is 0 Å². The second-order valence-electron chi connectivity index (χ2n) is 5.91. The summed E-state index contributed by atoms with van der Waals surface area (Å²) in [6.07, 6.45) is 3.39. The summed E-state index contributed by atoms with van der Waals surface area (Å²) < 4.78 is 11.9. The van der Waals surface area contributed by atoms with Crippen LogP contribution >= 0.6 is 0 Å². The molecule has 0 radical (unpaired) electrons. The summed E-state index contributed by atoms with van der Waals surface area (Å²) in [7, 11) is 0. The van der Waals surface area contributed by atoms with E-state index in [4.69, 9.17) is 9.47 Å². The quantitative estimate of drug-likeness (QED) is 0.591. The molecule has 1 aliphatic heterocycles. The van der Waals surface area contributed by atoms with Crippen LogP contribution in [0.2, 0.25) is 0 Å². The first-order valence-corrected chi connectivity index (χ1v) is 5.80. The van der Waals surface area contributed by atoms with Crippen molar-refractivity contribution in [2.45, 2.75) is 45.8 Å². The minimum Gasteiger partial charge on any atom is -0.373 e. The molecule has 3 rings (SSSR count). The summed E-state index contributed by atoms with van der Waals surface area (Å²) in [5.74, 6) is 0.720. The Morgan fingerprint density at radius 3 is 2.50 bits per heavy atom. The zero-order valence-corrected chi connectivity index (χ0v) is 9.38. The van der Waals surface area contributed by atoms with Crippen LogP contribution in [0.15, 0.2) is 0 Å². The summed E-state index contributed by atoms with van der Waals surface area (Å²) in [5, 5.41) is 0. The van der Waals surface area contributed by atoms with Crippen molar-refractivity contribution in [1.82, 2.24) is 0 Å². The molecule has 1 heterocycles. The molecule has 3 aliphatic rings. The van der Waals surface area contributed by atoms with Gasteiger partial charge in [-0.05, 0) is 24.2 Å². The highest BCUT2D eigenvalue weighted by molar-refractivity contribution is 5.16. The first-order chi connectivity index (χ1) is 6.57. The molecule has 0 N–H and O–H groups in total. The van der Waals surface area contributed by atoms with Crippen LogP contribution in [0.1, 0.15) is 33.6 Å². The number of hydrogen-bond donors (Lipinski definition) is 0. The highest BCUT2D eigenvalue weighted by atomic mass is 16.6. The molecule has 0 aromatic carbocycles. The third-order valence-electron chi connectivity index (χ3n) is 5.39. The fourth-order valence-corrected chi connectivity index (χ4v) is 4.06. The second-order valence-corrected chi connectivity index (χ2v) is 5.91. The fourth-order valence-electron chi connectivity index (χ4n) is 4.06. The lowest BCUT2D eigenvalue weighted by molar-refractivity contribution is -0.175. The highest BCUT2D eigenvalue weighted by Crippen LogP contribution is 2.67. The van der Waals surface area contributed by atoms with Crippen molar-refractivity contribution in [1.29, 1.82) is 0 Å². The molecular formula is C12H20O2. The van der Waals surface area contributed by atoms with E-state index in [9.17, 15) is 0 Å². The third kappa shape index (κ3) is 0.809. The average Bonchev–Trinajstić information content (AvgIpc) is 2.49. The van der Waals surface area contributed by atoms with Crippen LogP contribution in [0, 0.1) is 16.7 Å². The van der Waals surface area contributed by atoms with Crippen LogP contribution < -0.4 is 0 Å². The van der Waals surface area contributed by atoms with E-state index < -0.39 is 0 Å². The van der Waals surface area contributed by atoms with E-state index in [1.165, 1.54) is 12.8 Å². The van der Waals surface area contributed by atoms with E-state index in [-0.39, 0.29) is 0 Å². The molecule has 0 spiro atoms. The summed E-state index contributed by atoms with van der Waals surface area (Å²) >= 11 is 0. The van der Waals surface area contributed by atoms with Gasteiger partial charge in [0.2, 0.25) is 0 Å². The van der Waals surface area contributed by atoms with Crippen LogP contribution in [0.25, 0.3) is 0 Å². The predicted molar refractivity (Wildman–Crippen MR) is 54.1 cm³/mol. The molecule has 4 atom stereocenters. The van der Waals surface area contributed by atoms with Crippen LogP contribution in [0.4, 0.5) is 0 Å². The smallest absolute Gasteiger partial charge is 0.0899 e. The topological polar surface area (TPSA) is 18.5 Å². The van der Waals surface area contributed by atoms with Crippen LogP contribution in [0.5, 0.6) is 0 Å². The highest BCUT2D eigenvalue weighted by Gasteiger charge is 2.67. The van der Waals surface area contributed by atoms with E-state index in [0.29, 0.717) is 23.0 Å². The lowest BCUT2D eigenvalue weighted by Gasteiger charge is -2.41. The van der Waals surface area contributed by atoms with Crippen molar-refractivity contribution in [2.24, 2.45) is 16.7 Å². The van der Waals surface area contributed by atoms with Crippen molar-refractivity contribution >= 4 is 0 Å². The Labute approximate surface area is 86.0 Å². The summed E-state index contributed by atoms with van der Waals surface area (Å²) in [5.41, 5.74) is 0.745. The van der Waals surface area contributed by atoms with Gasteiger partial charge in [-0.2, -0.15) is 0 Å². The monoisotopic (exact) mass is 196 g/mol. The molecule has 0 aromatic heterocycles.